The molecule has 15 heavy (non-hydrogen) atoms. The molecule has 0 aromatic rings. The summed E-state index contributed by atoms with van der Waals surface area (Å²) in [6.45, 7) is 3.08. The summed E-state index contributed by atoms with van der Waals surface area (Å²) in [6.07, 6.45) is 3.08. The van der Waals surface area contributed by atoms with E-state index in [1.165, 1.54) is 13.8 Å². The Hall–Kier alpha value is -1.65. The van der Waals surface area contributed by atoms with E-state index in [1.807, 2.05) is 0 Å². The lowest BCUT2D eigenvalue weighted by Gasteiger charge is -2.17. The second kappa shape index (κ2) is 4.72. The van der Waals surface area contributed by atoms with Crippen LogP contribution in [0.4, 0.5) is 0 Å². The van der Waals surface area contributed by atoms with E-state index in [0.717, 1.165) is 11.3 Å². The fourth-order valence-corrected chi connectivity index (χ4v) is 1.42. The summed E-state index contributed by atoms with van der Waals surface area (Å²) in [5.74, 6) is -1.02. The van der Waals surface area contributed by atoms with Crippen LogP contribution < -0.4 is 5.32 Å². The maximum Gasteiger partial charge on any atom is 0.276 e. The molecule has 1 aliphatic heterocycles. The van der Waals surface area contributed by atoms with E-state index in [9.17, 15) is 14.4 Å². The lowest BCUT2D eigenvalue weighted by atomic mass is 10.3. The number of carbonyl (C=O) groups is 3. The molecule has 1 N–H and O–H groups in total. The quantitative estimate of drug-likeness (QED) is 0.671. The van der Waals surface area contributed by atoms with Crippen molar-refractivity contribution in [1.82, 2.24) is 10.2 Å². The predicted octanol–water partition coefficient (Wildman–Crippen LogP) is 0.175. The van der Waals surface area contributed by atoms with Crippen LogP contribution in [0.5, 0.6) is 0 Å². The number of hydrogen-bond donors (Lipinski definition) is 1. The van der Waals surface area contributed by atoms with Crippen molar-refractivity contribution in [3.8, 4) is 0 Å². The molecule has 0 atom stereocenters. The summed E-state index contributed by atoms with van der Waals surface area (Å²) in [4.78, 5) is 34.9. The lowest BCUT2D eigenvalue weighted by molar-refractivity contribution is -0.141. The van der Waals surface area contributed by atoms with Crippen molar-refractivity contribution in [2.24, 2.45) is 0 Å². The van der Waals surface area contributed by atoms with Gasteiger partial charge in [-0.15, -0.1) is 0 Å². The molecule has 0 saturated carbocycles. The molecule has 0 bridgehead atoms. The lowest BCUT2D eigenvalue weighted by Crippen LogP contribution is -2.40. The average Bonchev–Trinajstić information content (AvgIpc) is 2.29. The minimum atomic E-state index is -0.421. The highest BCUT2D eigenvalue weighted by Gasteiger charge is 2.23. The molecule has 0 fully saturated rings. The molecule has 0 saturated heterocycles. The van der Waals surface area contributed by atoms with Crippen molar-refractivity contribution in [2.75, 3.05) is 6.54 Å². The number of rotatable bonds is 1. The van der Waals surface area contributed by atoms with Gasteiger partial charge in [-0.05, 0) is 12.8 Å². The van der Waals surface area contributed by atoms with Gasteiger partial charge in [-0.25, -0.2) is 0 Å². The summed E-state index contributed by atoms with van der Waals surface area (Å²) < 4.78 is 0. The van der Waals surface area contributed by atoms with Gasteiger partial charge in [0.2, 0.25) is 11.8 Å². The zero-order chi connectivity index (χ0) is 11.4. The van der Waals surface area contributed by atoms with Gasteiger partial charge >= 0.3 is 0 Å². The fraction of sp³-hybridized carbons (Fsp3) is 0.500. The third kappa shape index (κ3) is 2.90. The van der Waals surface area contributed by atoms with Crippen LogP contribution in [-0.4, -0.2) is 29.2 Å². The molecule has 0 unspecified atom stereocenters. The van der Waals surface area contributed by atoms with E-state index >= 15 is 0 Å². The molecule has 0 aliphatic carbocycles. The maximum absolute atomic E-state index is 11.7. The van der Waals surface area contributed by atoms with E-state index in [-0.39, 0.29) is 17.5 Å². The second-order valence-corrected chi connectivity index (χ2v) is 3.42. The molecule has 3 amide bonds. The van der Waals surface area contributed by atoms with Crippen LogP contribution in [0, 0.1) is 0 Å². The Morgan fingerprint density at radius 2 is 2.07 bits per heavy atom. The molecule has 0 aromatic heterocycles. The largest absolute Gasteiger partial charge is 0.322 e. The molecule has 0 spiro atoms. The molecule has 1 heterocycles. The van der Waals surface area contributed by atoms with Gasteiger partial charge in [0, 0.05) is 20.4 Å². The molecule has 0 aromatic carbocycles. The van der Waals surface area contributed by atoms with Crippen LogP contribution in [0.1, 0.15) is 26.7 Å². The van der Waals surface area contributed by atoms with Crippen molar-refractivity contribution in [2.45, 2.75) is 26.7 Å². The summed E-state index contributed by atoms with van der Waals surface area (Å²) in [5, 5.41) is 2.44. The number of imide groups is 1. The normalized spacial score (nSPS) is 16.8. The highest BCUT2D eigenvalue weighted by atomic mass is 16.2. The third-order valence-electron chi connectivity index (χ3n) is 2.10. The smallest absolute Gasteiger partial charge is 0.276 e. The molecule has 0 radical (unpaired) electrons. The Morgan fingerprint density at radius 3 is 2.60 bits per heavy atom. The van der Waals surface area contributed by atoms with Gasteiger partial charge < -0.3 is 5.32 Å². The van der Waals surface area contributed by atoms with Crippen LogP contribution in [-0.2, 0) is 14.4 Å². The summed E-state index contributed by atoms with van der Waals surface area (Å²) in [6, 6.07) is 0. The predicted molar refractivity (Wildman–Crippen MR) is 53.5 cm³/mol. The van der Waals surface area contributed by atoms with Crippen LogP contribution in [0.15, 0.2) is 11.8 Å². The minimum Gasteiger partial charge on any atom is -0.322 e. The van der Waals surface area contributed by atoms with Gasteiger partial charge in [0.05, 0.1) is 0 Å². The van der Waals surface area contributed by atoms with Gasteiger partial charge in [0.15, 0.2) is 0 Å². The average molecular weight is 210 g/mol. The number of nitrogens with zero attached hydrogens (tertiary/aromatic N) is 1. The number of amides is 3. The second-order valence-electron chi connectivity index (χ2n) is 3.42. The van der Waals surface area contributed by atoms with Crippen molar-refractivity contribution >= 4 is 17.7 Å². The standard InChI is InChI=1S/C10H14N2O3/c1-7(13)11-9-5-3-4-6-12(8(2)14)10(9)15/h5H,3-4,6H2,1-2H3,(H,11,13). The highest BCUT2D eigenvalue weighted by Crippen LogP contribution is 2.09. The van der Waals surface area contributed by atoms with E-state index in [0.29, 0.717) is 13.0 Å². The van der Waals surface area contributed by atoms with Gasteiger partial charge in [-0.1, -0.05) is 6.08 Å². The molecule has 1 aliphatic rings. The van der Waals surface area contributed by atoms with Crippen LogP contribution in [0.2, 0.25) is 0 Å². The van der Waals surface area contributed by atoms with Gasteiger partial charge in [0.1, 0.15) is 5.70 Å². The fourth-order valence-electron chi connectivity index (χ4n) is 1.42. The highest BCUT2D eigenvalue weighted by molar-refractivity contribution is 6.05. The number of hydrogen-bond acceptors (Lipinski definition) is 3. The van der Waals surface area contributed by atoms with E-state index in [1.54, 1.807) is 6.08 Å². The van der Waals surface area contributed by atoms with Crippen LogP contribution in [0.3, 0.4) is 0 Å². The minimum absolute atomic E-state index is 0.204. The monoisotopic (exact) mass is 210 g/mol. The number of carbonyl (C=O) groups excluding carboxylic acids is 3. The van der Waals surface area contributed by atoms with Crippen molar-refractivity contribution < 1.29 is 14.4 Å². The van der Waals surface area contributed by atoms with Crippen LogP contribution >= 0.6 is 0 Å². The molecule has 82 valence electrons. The molecule has 5 heteroatoms. The first kappa shape index (κ1) is 11.4. The van der Waals surface area contributed by atoms with E-state index in [4.69, 9.17) is 0 Å². The zero-order valence-corrected chi connectivity index (χ0v) is 8.87. The van der Waals surface area contributed by atoms with Gasteiger partial charge in [-0.3, -0.25) is 19.3 Å². The van der Waals surface area contributed by atoms with Crippen molar-refractivity contribution in [1.29, 1.82) is 0 Å². The Labute approximate surface area is 88.1 Å². The van der Waals surface area contributed by atoms with Gasteiger partial charge in [-0.2, -0.15) is 0 Å². The van der Waals surface area contributed by atoms with Crippen LogP contribution in [0.25, 0.3) is 0 Å². The maximum atomic E-state index is 11.7. The Kier molecular flexibility index (Phi) is 3.60. The number of nitrogens with one attached hydrogen (secondary N) is 1. The van der Waals surface area contributed by atoms with E-state index in [2.05, 4.69) is 5.32 Å². The zero-order valence-electron chi connectivity index (χ0n) is 8.87. The molecule has 5 nitrogen and oxygen atoms in total. The third-order valence-corrected chi connectivity index (χ3v) is 2.10. The Balaban J connectivity index is 2.85. The number of allylic oxidation sites excluding steroid dienone is 1. The van der Waals surface area contributed by atoms with Gasteiger partial charge in [0.25, 0.3) is 5.91 Å². The summed E-state index contributed by atoms with van der Waals surface area (Å²) in [7, 11) is 0. The SMILES string of the molecule is CC(=O)NC1=CCCCN(C(C)=O)C1=O. The summed E-state index contributed by atoms with van der Waals surface area (Å²) >= 11 is 0. The molecular weight excluding hydrogens is 196 g/mol. The van der Waals surface area contributed by atoms with Crippen molar-refractivity contribution in [3.05, 3.63) is 11.8 Å². The molecular formula is C10H14N2O3. The first-order valence-corrected chi connectivity index (χ1v) is 4.82. The Morgan fingerprint density at radius 1 is 1.40 bits per heavy atom. The first-order valence-electron chi connectivity index (χ1n) is 4.82. The van der Waals surface area contributed by atoms with E-state index < -0.39 is 5.91 Å². The topological polar surface area (TPSA) is 66.5 Å². The Bertz CT molecular complexity index is 334. The summed E-state index contributed by atoms with van der Waals surface area (Å²) in [5.41, 5.74) is 0.204. The first-order chi connectivity index (χ1) is 7.02. The molecule has 1 rings (SSSR count). The van der Waals surface area contributed by atoms with Crippen molar-refractivity contribution in [3.63, 3.8) is 0 Å².